The minimum Gasteiger partial charge on any atom is -0.349 e. The van der Waals surface area contributed by atoms with E-state index in [1.165, 1.54) is 5.56 Å². The number of hydrogen-bond acceptors (Lipinski definition) is 5. The zero-order valence-corrected chi connectivity index (χ0v) is 14.1. The Morgan fingerprint density at radius 3 is 2.38 bits per heavy atom. The van der Waals surface area contributed by atoms with Crippen molar-refractivity contribution in [3.05, 3.63) is 70.9 Å². The largest absolute Gasteiger partial charge is 0.349 e. The first kappa shape index (κ1) is 16.2. The molecular formula is C18H18ClN5. The van der Waals surface area contributed by atoms with E-state index in [4.69, 9.17) is 11.6 Å². The molecule has 3 aromatic rings. The van der Waals surface area contributed by atoms with Gasteiger partial charge in [-0.15, -0.1) is 5.10 Å². The average Bonchev–Trinajstić information content (AvgIpc) is 2.62. The highest BCUT2D eigenvalue weighted by atomic mass is 35.5. The van der Waals surface area contributed by atoms with Crippen molar-refractivity contribution in [1.29, 1.82) is 0 Å². The molecule has 1 aromatic heterocycles. The van der Waals surface area contributed by atoms with Gasteiger partial charge < -0.3 is 10.6 Å². The summed E-state index contributed by atoms with van der Waals surface area (Å²) in [6, 6.07) is 15.9. The Labute approximate surface area is 146 Å². The Kier molecular flexibility index (Phi) is 5.23. The van der Waals surface area contributed by atoms with Crippen molar-refractivity contribution in [1.82, 2.24) is 15.2 Å². The fraction of sp³-hybridized carbons (Fsp3) is 0.167. The van der Waals surface area contributed by atoms with Crippen LogP contribution in [-0.2, 0) is 13.0 Å². The lowest BCUT2D eigenvalue weighted by molar-refractivity contribution is 0.949. The number of rotatable bonds is 6. The fourth-order valence-electron chi connectivity index (χ4n) is 2.19. The van der Waals surface area contributed by atoms with Gasteiger partial charge in [0, 0.05) is 17.3 Å². The van der Waals surface area contributed by atoms with Crippen molar-refractivity contribution in [2.45, 2.75) is 19.9 Å². The summed E-state index contributed by atoms with van der Waals surface area (Å²) < 4.78 is 0. The van der Waals surface area contributed by atoms with Crippen LogP contribution in [0.3, 0.4) is 0 Å². The predicted molar refractivity (Wildman–Crippen MR) is 97.7 cm³/mol. The molecule has 5 nitrogen and oxygen atoms in total. The highest BCUT2D eigenvalue weighted by molar-refractivity contribution is 6.30. The Morgan fingerprint density at radius 1 is 0.958 bits per heavy atom. The van der Waals surface area contributed by atoms with E-state index >= 15 is 0 Å². The third-order valence-corrected chi connectivity index (χ3v) is 3.81. The minimum atomic E-state index is 0.472. The van der Waals surface area contributed by atoms with Gasteiger partial charge in [-0.2, -0.15) is 10.1 Å². The molecule has 3 rings (SSSR count). The number of aryl methyl sites for hydroxylation is 1. The van der Waals surface area contributed by atoms with Gasteiger partial charge in [0.2, 0.25) is 5.95 Å². The minimum absolute atomic E-state index is 0.472. The molecule has 2 aromatic carbocycles. The summed E-state index contributed by atoms with van der Waals surface area (Å²) >= 11 is 5.88. The molecule has 0 saturated heterocycles. The average molecular weight is 340 g/mol. The van der Waals surface area contributed by atoms with Gasteiger partial charge in [0.25, 0.3) is 0 Å². The van der Waals surface area contributed by atoms with Crippen molar-refractivity contribution in [3.63, 3.8) is 0 Å². The van der Waals surface area contributed by atoms with Crippen molar-refractivity contribution < 1.29 is 0 Å². The number of hydrogen-bond donors (Lipinski definition) is 2. The normalized spacial score (nSPS) is 10.4. The molecule has 0 bridgehead atoms. The number of anilines is 3. The van der Waals surface area contributed by atoms with E-state index in [0.717, 1.165) is 22.7 Å². The lowest BCUT2D eigenvalue weighted by Crippen LogP contribution is -2.06. The SMILES string of the molecule is CCc1ccc(Nc2cnnc(NCc3ccc(Cl)cc3)n2)cc1. The van der Waals surface area contributed by atoms with Gasteiger partial charge in [0.05, 0.1) is 6.20 Å². The Balaban J connectivity index is 1.63. The van der Waals surface area contributed by atoms with Crippen LogP contribution in [0.4, 0.5) is 17.5 Å². The first-order valence-electron chi connectivity index (χ1n) is 7.77. The fourth-order valence-corrected chi connectivity index (χ4v) is 2.32. The summed E-state index contributed by atoms with van der Waals surface area (Å²) in [5.41, 5.74) is 3.36. The standard InChI is InChI=1S/C18H18ClN5/c1-2-13-5-9-16(10-6-13)22-17-12-21-24-18(23-17)20-11-14-3-7-15(19)8-4-14/h3-10,12H,2,11H2,1H3,(H2,20,22,23,24). The Morgan fingerprint density at radius 2 is 1.67 bits per heavy atom. The van der Waals surface area contributed by atoms with Crippen molar-refractivity contribution >= 4 is 29.1 Å². The number of nitrogens with zero attached hydrogens (tertiary/aromatic N) is 3. The van der Waals surface area contributed by atoms with Gasteiger partial charge in [0.1, 0.15) is 0 Å². The van der Waals surface area contributed by atoms with E-state index < -0.39 is 0 Å². The molecule has 0 atom stereocenters. The van der Waals surface area contributed by atoms with Crippen LogP contribution in [0.15, 0.2) is 54.7 Å². The number of halogens is 1. The molecule has 0 saturated carbocycles. The summed E-state index contributed by atoms with van der Waals surface area (Å²) in [6.07, 6.45) is 2.62. The van der Waals surface area contributed by atoms with Gasteiger partial charge in [-0.05, 0) is 41.8 Å². The first-order chi connectivity index (χ1) is 11.7. The lowest BCUT2D eigenvalue weighted by atomic mass is 10.1. The smallest absolute Gasteiger partial charge is 0.244 e. The van der Waals surface area contributed by atoms with Crippen molar-refractivity contribution in [3.8, 4) is 0 Å². The van der Waals surface area contributed by atoms with Gasteiger partial charge in [-0.1, -0.05) is 42.8 Å². The summed E-state index contributed by atoms with van der Waals surface area (Å²) in [7, 11) is 0. The van der Waals surface area contributed by atoms with E-state index in [1.807, 2.05) is 36.4 Å². The van der Waals surface area contributed by atoms with Crippen LogP contribution in [0.25, 0.3) is 0 Å². The van der Waals surface area contributed by atoms with Gasteiger partial charge in [0.15, 0.2) is 5.82 Å². The zero-order valence-electron chi connectivity index (χ0n) is 13.3. The van der Waals surface area contributed by atoms with Crippen LogP contribution in [0.2, 0.25) is 5.02 Å². The van der Waals surface area contributed by atoms with Crippen LogP contribution >= 0.6 is 11.6 Å². The lowest BCUT2D eigenvalue weighted by Gasteiger charge is -2.08. The van der Waals surface area contributed by atoms with Gasteiger partial charge in [-0.3, -0.25) is 0 Å². The molecule has 0 aliphatic rings. The third-order valence-electron chi connectivity index (χ3n) is 3.56. The molecule has 0 amide bonds. The van der Waals surface area contributed by atoms with Gasteiger partial charge in [-0.25, -0.2) is 0 Å². The molecule has 122 valence electrons. The summed E-state index contributed by atoms with van der Waals surface area (Å²) in [5, 5.41) is 15.1. The second-order valence-electron chi connectivity index (χ2n) is 5.32. The van der Waals surface area contributed by atoms with E-state index in [-0.39, 0.29) is 0 Å². The number of nitrogens with one attached hydrogen (secondary N) is 2. The third kappa shape index (κ3) is 4.43. The van der Waals surface area contributed by atoms with Crippen molar-refractivity contribution in [2.24, 2.45) is 0 Å². The molecule has 0 spiro atoms. The highest BCUT2D eigenvalue weighted by Gasteiger charge is 2.02. The maximum Gasteiger partial charge on any atom is 0.244 e. The molecule has 0 aliphatic heterocycles. The second kappa shape index (κ2) is 7.75. The van der Waals surface area contributed by atoms with Crippen LogP contribution in [0, 0.1) is 0 Å². The van der Waals surface area contributed by atoms with E-state index in [1.54, 1.807) is 6.20 Å². The monoisotopic (exact) mass is 339 g/mol. The molecule has 1 heterocycles. The molecule has 0 radical (unpaired) electrons. The Bertz CT molecular complexity index is 787. The maximum atomic E-state index is 5.88. The molecule has 0 aliphatic carbocycles. The zero-order chi connectivity index (χ0) is 16.8. The summed E-state index contributed by atoms with van der Waals surface area (Å²) in [5.74, 6) is 1.12. The number of aromatic nitrogens is 3. The molecule has 24 heavy (non-hydrogen) atoms. The quantitative estimate of drug-likeness (QED) is 0.695. The summed E-state index contributed by atoms with van der Waals surface area (Å²) in [6.45, 7) is 2.74. The predicted octanol–water partition coefficient (Wildman–Crippen LogP) is 4.44. The molecule has 6 heteroatoms. The highest BCUT2D eigenvalue weighted by Crippen LogP contribution is 2.16. The van der Waals surface area contributed by atoms with Gasteiger partial charge >= 0.3 is 0 Å². The number of benzene rings is 2. The Hall–Kier alpha value is -2.66. The maximum absolute atomic E-state index is 5.88. The van der Waals surface area contributed by atoms with Crippen molar-refractivity contribution in [2.75, 3.05) is 10.6 Å². The van der Waals surface area contributed by atoms with E-state index in [9.17, 15) is 0 Å². The van der Waals surface area contributed by atoms with E-state index in [0.29, 0.717) is 18.3 Å². The topological polar surface area (TPSA) is 62.7 Å². The second-order valence-corrected chi connectivity index (χ2v) is 5.76. The summed E-state index contributed by atoms with van der Waals surface area (Å²) in [4.78, 5) is 4.42. The van der Waals surface area contributed by atoms with Crippen LogP contribution in [0.1, 0.15) is 18.1 Å². The first-order valence-corrected chi connectivity index (χ1v) is 8.15. The molecule has 0 unspecified atom stereocenters. The van der Waals surface area contributed by atoms with Crippen LogP contribution in [0.5, 0.6) is 0 Å². The van der Waals surface area contributed by atoms with Crippen LogP contribution in [-0.4, -0.2) is 15.2 Å². The molecular weight excluding hydrogens is 322 g/mol. The molecule has 2 N–H and O–H groups in total. The van der Waals surface area contributed by atoms with Crippen LogP contribution < -0.4 is 10.6 Å². The van der Waals surface area contributed by atoms with E-state index in [2.05, 4.69) is 44.9 Å². The molecule has 0 fully saturated rings.